The summed E-state index contributed by atoms with van der Waals surface area (Å²) >= 11 is 0. The maximum atomic E-state index is 6.15. The van der Waals surface area contributed by atoms with Crippen molar-refractivity contribution in [3.05, 3.63) is 30.6 Å². The summed E-state index contributed by atoms with van der Waals surface area (Å²) in [6.45, 7) is 8.22. The molecule has 110 valence electrons. The lowest BCUT2D eigenvalue weighted by atomic mass is 9.76. The van der Waals surface area contributed by atoms with Crippen LogP contribution in [-0.4, -0.2) is 30.4 Å². The van der Waals surface area contributed by atoms with E-state index in [0.29, 0.717) is 0 Å². The Morgan fingerprint density at radius 2 is 1.67 bits per heavy atom. The second-order valence-corrected chi connectivity index (χ2v) is 6.37. The van der Waals surface area contributed by atoms with Gasteiger partial charge in [0.1, 0.15) is 5.75 Å². The van der Waals surface area contributed by atoms with E-state index in [-0.39, 0.29) is 18.3 Å². The first-order valence-electron chi connectivity index (χ1n) is 7.12. The van der Waals surface area contributed by atoms with Crippen molar-refractivity contribution < 1.29 is 14.0 Å². The lowest BCUT2D eigenvalue weighted by molar-refractivity contribution is 0.00578. The van der Waals surface area contributed by atoms with E-state index in [2.05, 4.69) is 32.7 Å². The number of fused-ring (bicyclic) bond motifs is 1. The Kier molecular flexibility index (Phi) is 3.22. The molecule has 1 aliphatic heterocycles. The molecular formula is C16H20BNO3. The van der Waals surface area contributed by atoms with Gasteiger partial charge in [0.05, 0.1) is 18.3 Å². The van der Waals surface area contributed by atoms with Gasteiger partial charge in [-0.2, -0.15) is 0 Å². The summed E-state index contributed by atoms with van der Waals surface area (Å²) in [6.07, 6.45) is 3.58. The highest BCUT2D eigenvalue weighted by Crippen LogP contribution is 2.37. The summed E-state index contributed by atoms with van der Waals surface area (Å²) in [5.41, 5.74) is 0.306. The minimum Gasteiger partial charge on any atom is -0.496 e. The molecular weight excluding hydrogens is 265 g/mol. The van der Waals surface area contributed by atoms with Gasteiger partial charge in [-0.25, -0.2) is 0 Å². The maximum Gasteiger partial charge on any atom is 0.495 e. The van der Waals surface area contributed by atoms with Gasteiger partial charge in [0, 0.05) is 17.8 Å². The average molecular weight is 285 g/mol. The summed E-state index contributed by atoms with van der Waals surface area (Å²) in [4.78, 5) is 4.18. The number of aromatic nitrogens is 1. The van der Waals surface area contributed by atoms with Gasteiger partial charge in [-0.05, 0) is 50.7 Å². The molecule has 0 saturated carbocycles. The standard InChI is InChI=1S/C16H20BNO3/c1-15(2)16(3,4)21-17(20-15)13-6-7-14(19-5)12-10-18-9-8-11(12)13/h6-10H,1-5H3. The van der Waals surface area contributed by atoms with Crippen LogP contribution in [0.4, 0.5) is 0 Å². The first kappa shape index (κ1) is 14.4. The topological polar surface area (TPSA) is 40.6 Å². The average Bonchev–Trinajstić information content (AvgIpc) is 2.66. The zero-order chi connectivity index (χ0) is 15.3. The summed E-state index contributed by atoms with van der Waals surface area (Å²) < 4.78 is 17.7. The predicted molar refractivity (Wildman–Crippen MR) is 84.0 cm³/mol. The lowest BCUT2D eigenvalue weighted by Gasteiger charge is -2.32. The number of methoxy groups -OCH3 is 1. The Labute approximate surface area is 125 Å². The Morgan fingerprint density at radius 3 is 2.29 bits per heavy atom. The fraction of sp³-hybridized carbons (Fsp3) is 0.438. The van der Waals surface area contributed by atoms with Crippen molar-refractivity contribution in [2.75, 3.05) is 7.11 Å². The third kappa shape index (κ3) is 2.21. The zero-order valence-electron chi connectivity index (χ0n) is 13.1. The van der Waals surface area contributed by atoms with Crippen LogP contribution in [0.5, 0.6) is 5.75 Å². The van der Waals surface area contributed by atoms with Crippen molar-refractivity contribution >= 4 is 23.4 Å². The number of pyridine rings is 1. The maximum absolute atomic E-state index is 6.15. The van der Waals surface area contributed by atoms with E-state index in [1.807, 2.05) is 24.4 Å². The number of nitrogens with zero attached hydrogens (tertiary/aromatic N) is 1. The van der Waals surface area contributed by atoms with E-state index in [1.54, 1.807) is 13.3 Å². The Morgan fingerprint density at radius 1 is 1.00 bits per heavy atom. The number of ether oxygens (including phenoxy) is 1. The number of hydrogen-bond acceptors (Lipinski definition) is 4. The molecule has 0 spiro atoms. The van der Waals surface area contributed by atoms with E-state index in [9.17, 15) is 0 Å². The van der Waals surface area contributed by atoms with E-state index in [1.165, 1.54) is 0 Å². The van der Waals surface area contributed by atoms with Crippen LogP contribution < -0.4 is 10.2 Å². The van der Waals surface area contributed by atoms with Gasteiger partial charge in [-0.15, -0.1) is 0 Å². The van der Waals surface area contributed by atoms with Gasteiger partial charge in [0.2, 0.25) is 0 Å². The van der Waals surface area contributed by atoms with Crippen LogP contribution in [0, 0.1) is 0 Å². The molecule has 0 unspecified atom stereocenters. The fourth-order valence-corrected chi connectivity index (χ4v) is 2.54. The van der Waals surface area contributed by atoms with Crippen LogP contribution in [-0.2, 0) is 9.31 Å². The molecule has 0 aliphatic carbocycles. The first-order chi connectivity index (χ1) is 9.86. The van der Waals surface area contributed by atoms with E-state index >= 15 is 0 Å². The zero-order valence-corrected chi connectivity index (χ0v) is 13.1. The third-order valence-electron chi connectivity index (χ3n) is 4.54. The normalized spacial score (nSPS) is 20.0. The molecule has 1 aromatic heterocycles. The van der Waals surface area contributed by atoms with E-state index in [0.717, 1.165) is 22.0 Å². The molecule has 0 radical (unpaired) electrons. The Balaban J connectivity index is 2.11. The number of hydrogen-bond donors (Lipinski definition) is 0. The van der Waals surface area contributed by atoms with Gasteiger partial charge in [-0.3, -0.25) is 4.98 Å². The summed E-state index contributed by atoms with van der Waals surface area (Å²) in [5, 5.41) is 2.01. The van der Waals surface area contributed by atoms with E-state index in [4.69, 9.17) is 14.0 Å². The SMILES string of the molecule is COc1ccc(B2OC(C)(C)C(C)(C)O2)c2ccncc12. The largest absolute Gasteiger partial charge is 0.496 e. The third-order valence-corrected chi connectivity index (χ3v) is 4.54. The van der Waals surface area contributed by atoms with Crippen LogP contribution in [0.2, 0.25) is 0 Å². The van der Waals surface area contributed by atoms with Crippen LogP contribution in [0.3, 0.4) is 0 Å². The fourth-order valence-electron chi connectivity index (χ4n) is 2.54. The molecule has 5 heteroatoms. The monoisotopic (exact) mass is 285 g/mol. The number of benzene rings is 1. The molecule has 2 heterocycles. The molecule has 1 fully saturated rings. The summed E-state index contributed by atoms with van der Waals surface area (Å²) in [6, 6.07) is 5.91. The van der Waals surface area contributed by atoms with Gasteiger partial charge in [0.25, 0.3) is 0 Å². The molecule has 0 bridgehead atoms. The van der Waals surface area contributed by atoms with Gasteiger partial charge >= 0.3 is 7.12 Å². The van der Waals surface area contributed by atoms with Crippen LogP contribution >= 0.6 is 0 Å². The molecule has 0 N–H and O–H groups in total. The Bertz CT molecular complexity index is 668. The van der Waals surface area contributed by atoms with Crippen molar-refractivity contribution in [3.8, 4) is 5.75 Å². The van der Waals surface area contributed by atoms with Crippen molar-refractivity contribution in [1.82, 2.24) is 4.98 Å². The summed E-state index contributed by atoms with van der Waals surface area (Å²) in [5.74, 6) is 0.804. The highest BCUT2D eigenvalue weighted by atomic mass is 16.7. The molecule has 1 aromatic carbocycles. The minimum absolute atomic E-state index is 0.350. The van der Waals surface area contributed by atoms with Crippen molar-refractivity contribution in [3.63, 3.8) is 0 Å². The highest BCUT2D eigenvalue weighted by Gasteiger charge is 2.52. The molecule has 1 aliphatic rings. The van der Waals surface area contributed by atoms with Crippen LogP contribution in [0.25, 0.3) is 10.8 Å². The van der Waals surface area contributed by atoms with Gasteiger partial charge in [0.15, 0.2) is 0 Å². The summed E-state index contributed by atoms with van der Waals surface area (Å²) in [7, 11) is 1.28. The molecule has 1 saturated heterocycles. The van der Waals surface area contributed by atoms with E-state index < -0.39 is 0 Å². The number of rotatable bonds is 2. The smallest absolute Gasteiger partial charge is 0.495 e. The molecule has 4 nitrogen and oxygen atoms in total. The first-order valence-corrected chi connectivity index (χ1v) is 7.12. The second kappa shape index (κ2) is 4.72. The molecule has 0 atom stereocenters. The predicted octanol–water partition coefficient (Wildman–Crippen LogP) is 2.54. The quantitative estimate of drug-likeness (QED) is 0.795. The lowest BCUT2D eigenvalue weighted by Crippen LogP contribution is -2.41. The van der Waals surface area contributed by atoms with Crippen LogP contribution in [0.15, 0.2) is 30.6 Å². The Hall–Kier alpha value is -1.59. The minimum atomic E-state index is -0.384. The molecule has 3 rings (SSSR count). The van der Waals surface area contributed by atoms with Gasteiger partial charge in [-0.1, -0.05) is 6.07 Å². The van der Waals surface area contributed by atoms with Crippen molar-refractivity contribution in [1.29, 1.82) is 0 Å². The van der Waals surface area contributed by atoms with Crippen molar-refractivity contribution in [2.24, 2.45) is 0 Å². The highest BCUT2D eigenvalue weighted by molar-refractivity contribution is 6.65. The molecule has 2 aromatic rings. The van der Waals surface area contributed by atoms with Crippen molar-refractivity contribution in [2.45, 2.75) is 38.9 Å². The molecule has 0 amide bonds. The van der Waals surface area contributed by atoms with Crippen LogP contribution in [0.1, 0.15) is 27.7 Å². The van der Waals surface area contributed by atoms with Gasteiger partial charge < -0.3 is 14.0 Å². The molecule has 21 heavy (non-hydrogen) atoms. The second-order valence-electron chi connectivity index (χ2n) is 6.37.